The molecule has 1 fully saturated rings. The van der Waals surface area contributed by atoms with Crippen LogP contribution in [-0.4, -0.2) is 52.4 Å². The topological polar surface area (TPSA) is 84.4 Å². The number of hydrogen-bond donors (Lipinski definition) is 1. The second kappa shape index (κ2) is 7.18. The number of ether oxygens (including phenoxy) is 1. The molecule has 2 atom stereocenters. The van der Waals surface area contributed by atoms with Gasteiger partial charge in [0.25, 0.3) is 5.91 Å². The van der Waals surface area contributed by atoms with Gasteiger partial charge in [-0.1, -0.05) is 0 Å². The van der Waals surface area contributed by atoms with Gasteiger partial charge in [-0.25, -0.2) is 4.98 Å². The fourth-order valence-electron chi connectivity index (χ4n) is 2.99. The van der Waals surface area contributed by atoms with Gasteiger partial charge in [0.1, 0.15) is 22.8 Å². The lowest BCUT2D eigenvalue weighted by Crippen LogP contribution is -2.44. The SMILES string of the molecule is CNC(=O)[C@@H]1C[C@H](Oc2cccnc2)CN1C(=O)c1sc(C)nc1C. The van der Waals surface area contributed by atoms with Gasteiger partial charge in [-0.2, -0.15) is 0 Å². The summed E-state index contributed by atoms with van der Waals surface area (Å²) >= 11 is 1.35. The Bertz CT molecular complexity index is 777. The number of carbonyl (C=O) groups excluding carboxylic acids is 2. The first-order chi connectivity index (χ1) is 12.0. The van der Waals surface area contributed by atoms with Crippen LogP contribution >= 0.6 is 11.3 Å². The molecule has 0 spiro atoms. The van der Waals surface area contributed by atoms with E-state index in [2.05, 4.69) is 15.3 Å². The van der Waals surface area contributed by atoms with Gasteiger partial charge >= 0.3 is 0 Å². The van der Waals surface area contributed by atoms with Crippen LogP contribution in [0.1, 0.15) is 26.8 Å². The number of likely N-dealkylation sites (tertiary alicyclic amines) is 1. The van der Waals surface area contributed by atoms with Crippen molar-refractivity contribution in [3.63, 3.8) is 0 Å². The highest BCUT2D eigenvalue weighted by Crippen LogP contribution is 2.27. The molecule has 0 radical (unpaired) electrons. The highest BCUT2D eigenvalue weighted by Gasteiger charge is 2.41. The second-order valence-electron chi connectivity index (χ2n) is 5.90. The fraction of sp³-hybridized carbons (Fsp3) is 0.412. The zero-order valence-corrected chi connectivity index (χ0v) is 15.2. The first-order valence-electron chi connectivity index (χ1n) is 8.03. The van der Waals surface area contributed by atoms with Gasteiger partial charge in [-0.3, -0.25) is 14.6 Å². The van der Waals surface area contributed by atoms with Crippen LogP contribution in [-0.2, 0) is 4.79 Å². The van der Waals surface area contributed by atoms with E-state index >= 15 is 0 Å². The number of aromatic nitrogens is 2. The quantitative estimate of drug-likeness (QED) is 0.894. The van der Waals surface area contributed by atoms with Crippen LogP contribution in [0.2, 0.25) is 0 Å². The third-order valence-corrected chi connectivity index (χ3v) is 5.17. The van der Waals surface area contributed by atoms with E-state index in [1.807, 2.05) is 19.9 Å². The van der Waals surface area contributed by atoms with E-state index in [4.69, 9.17) is 4.74 Å². The summed E-state index contributed by atoms with van der Waals surface area (Å²) in [6.45, 7) is 4.02. The Morgan fingerprint density at radius 3 is 2.80 bits per heavy atom. The number of pyridine rings is 1. The molecule has 0 aromatic carbocycles. The number of amides is 2. The first kappa shape index (κ1) is 17.3. The van der Waals surface area contributed by atoms with Gasteiger partial charge < -0.3 is 15.0 Å². The Labute approximate surface area is 150 Å². The number of nitrogens with zero attached hydrogens (tertiary/aromatic N) is 3. The van der Waals surface area contributed by atoms with Crippen molar-refractivity contribution in [2.24, 2.45) is 0 Å². The molecule has 8 heteroatoms. The molecule has 2 amide bonds. The molecule has 1 aliphatic rings. The van der Waals surface area contributed by atoms with E-state index in [-0.39, 0.29) is 17.9 Å². The van der Waals surface area contributed by atoms with Crippen LogP contribution in [0.25, 0.3) is 0 Å². The molecule has 2 aromatic rings. The first-order valence-corrected chi connectivity index (χ1v) is 8.84. The average Bonchev–Trinajstić information content (AvgIpc) is 3.17. The van der Waals surface area contributed by atoms with Gasteiger partial charge in [0.2, 0.25) is 5.91 Å². The molecular weight excluding hydrogens is 340 g/mol. The summed E-state index contributed by atoms with van der Waals surface area (Å²) in [5, 5.41) is 3.47. The maximum Gasteiger partial charge on any atom is 0.266 e. The van der Waals surface area contributed by atoms with E-state index in [9.17, 15) is 9.59 Å². The molecule has 1 N–H and O–H groups in total. The minimum Gasteiger partial charge on any atom is -0.487 e. The third kappa shape index (κ3) is 3.63. The van der Waals surface area contributed by atoms with Crippen molar-refractivity contribution in [2.75, 3.05) is 13.6 Å². The predicted molar refractivity (Wildman–Crippen MR) is 93.7 cm³/mol. The summed E-state index contributed by atoms with van der Waals surface area (Å²) in [5.41, 5.74) is 0.694. The third-order valence-electron chi connectivity index (χ3n) is 4.11. The van der Waals surface area contributed by atoms with Crippen LogP contribution in [0.3, 0.4) is 0 Å². The van der Waals surface area contributed by atoms with E-state index in [1.54, 1.807) is 30.4 Å². The molecule has 7 nitrogen and oxygen atoms in total. The maximum absolute atomic E-state index is 13.0. The van der Waals surface area contributed by atoms with Crippen LogP contribution in [0.15, 0.2) is 24.5 Å². The number of likely N-dealkylation sites (N-methyl/N-ethyl adjacent to an activating group) is 1. The highest BCUT2D eigenvalue weighted by molar-refractivity contribution is 7.13. The van der Waals surface area contributed by atoms with Crippen LogP contribution < -0.4 is 10.1 Å². The second-order valence-corrected chi connectivity index (χ2v) is 7.10. The molecule has 25 heavy (non-hydrogen) atoms. The van der Waals surface area contributed by atoms with Crippen molar-refractivity contribution >= 4 is 23.2 Å². The summed E-state index contributed by atoms with van der Waals surface area (Å²) in [4.78, 5) is 35.7. The molecule has 132 valence electrons. The summed E-state index contributed by atoms with van der Waals surface area (Å²) < 4.78 is 5.90. The van der Waals surface area contributed by atoms with E-state index < -0.39 is 6.04 Å². The van der Waals surface area contributed by atoms with Gasteiger partial charge in [0.05, 0.1) is 23.4 Å². The Balaban J connectivity index is 1.81. The van der Waals surface area contributed by atoms with Gasteiger partial charge in [-0.15, -0.1) is 11.3 Å². The highest BCUT2D eigenvalue weighted by atomic mass is 32.1. The Morgan fingerprint density at radius 2 is 2.20 bits per heavy atom. The van der Waals surface area contributed by atoms with Crippen LogP contribution in [0, 0.1) is 13.8 Å². The van der Waals surface area contributed by atoms with E-state index in [0.717, 1.165) is 5.01 Å². The summed E-state index contributed by atoms with van der Waals surface area (Å²) in [7, 11) is 1.57. The number of aryl methyl sites for hydroxylation is 2. The van der Waals surface area contributed by atoms with Crippen molar-refractivity contribution < 1.29 is 14.3 Å². The molecule has 0 saturated carbocycles. The van der Waals surface area contributed by atoms with Gasteiger partial charge in [0, 0.05) is 19.7 Å². The van der Waals surface area contributed by atoms with Crippen molar-refractivity contribution in [3.05, 3.63) is 40.1 Å². The zero-order chi connectivity index (χ0) is 18.0. The number of rotatable bonds is 4. The minimum absolute atomic E-state index is 0.172. The van der Waals surface area contributed by atoms with Crippen molar-refractivity contribution in [3.8, 4) is 5.75 Å². The molecule has 0 bridgehead atoms. The smallest absolute Gasteiger partial charge is 0.266 e. The monoisotopic (exact) mass is 360 g/mol. The van der Waals surface area contributed by atoms with E-state index in [1.165, 1.54) is 11.3 Å². The normalized spacial score (nSPS) is 19.7. The lowest BCUT2D eigenvalue weighted by Gasteiger charge is -2.22. The number of hydrogen-bond acceptors (Lipinski definition) is 6. The van der Waals surface area contributed by atoms with Crippen molar-refractivity contribution in [2.45, 2.75) is 32.4 Å². The standard InChI is InChI=1S/C17H20N4O3S/c1-10-15(25-11(2)20-10)17(23)21-9-13(7-14(21)16(22)18-3)24-12-5-4-6-19-8-12/h4-6,8,13-14H,7,9H2,1-3H3,(H,18,22)/t13-,14-/m0/s1. The molecule has 2 aromatic heterocycles. The van der Waals surface area contributed by atoms with Gasteiger partial charge in [-0.05, 0) is 26.0 Å². The zero-order valence-electron chi connectivity index (χ0n) is 14.4. The maximum atomic E-state index is 13.0. The van der Waals surface area contributed by atoms with Crippen molar-refractivity contribution in [1.29, 1.82) is 0 Å². The lowest BCUT2D eigenvalue weighted by atomic mass is 10.2. The molecule has 0 unspecified atom stereocenters. The van der Waals surface area contributed by atoms with Crippen LogP contribution in [0.5, 0.6) is 5.75 Å². The molecular formula is C17H20N4O3S. The number of carbonyl (C=O) groups is 2. The summed E-state index contributed by atoms with van der Waals surface area (Å²) in [6.07, 6.45) is 3.47. The molecule has 3 heterocycles. The average molecular weight is 360 g/mol. The van der Waals surface area contributed by atoms with Gasteiger partial charge in [0.15, 0.2) is 0 Å². The minimum atomic E-state index is -0.555. The molecule has 0 aliphatic carbocycles. The number of thiazole rings is 1. The summed E-state index contributed by atoms with van der Waals surface area (Å²) in [5.74, 6) is 0.265. The summed E-state index contributed by atoms with van der Waals surface area (Å²) in [6, 6.07) is 3.04. The number of nitrogens with one attached hydrogen (secondary N) is 1. The Kier molecular flexibility index (Phi) is 4.98. The fourth-order valence-corrected chi connectivity index (χ4v) is 3.87. The Hall–Kier alpha value is -2.48. The largest absolute Gasteiger partial charge is 0.487 e. The Morgan fingerprint density at radius 1 is 1.40 bits per heavy atom. The molecule has 1 saturated heterocycles. The van der Waals surface area contributed by atoms with Crippen LogP contribution in [0.4, 0.5) is 0 Å². The van der Waals surface area contributed by atoms with Crippen molar-refractivity contribution in [1.82, 2.24) is 20.2 Å². The predicted octanol–water partition coefficient (Wildman–Crippen LogP) is 1.56. The lowest BCUT2D eigenvalue weighted by molar-refractivity contribution is -0.124. The molecule has 3 rings (SSSR count). The van der Waals surface area contributed by atoms with E-state index in [0.29, 0.717) is 29.3 Å². The molecule has 1 aliphatic heterocycles.